The van der Waals surface area contributed by atoms with Crippen LogP contribution in [-0.4, -0.2) is 44.4 Å². The maximum Gasteiger partial charge on any atom is 0.131 e. The Morgan fingerprint density at radius 2 is 2.50 bits per heavy atom. The maximum atomic E-state index is 5.52. The summed E-state index contributed by atoms with van der Waals surface area (Å²) in [4.78, 5) is 6.82. The van der Waals surface area contributed by atoms with Crippen molar-refractivity contribution in [3.05, 3.63) is 23.9 Å². The minimum absolute atomic E-state index is 0.382. The van der Waals surface area contributed by atoms with Crippen LogP contribution < -0.4 is 10.2 Å². The fourth-order valence-corrected chi connectivity index (χ4v) is 2.12. The first-order valence-electron chi connectivity index (χ1n) is 5.73. The van der Waals surface area contributed by atoms with Gasteiger partial charge in [0.05, 0.1) is 19.3 Å². The number of nitrogens with one attached hydrogen (secondary N) is 1. The molecule has 1 unspecified atom stereocenters. The van der Waals surface area contributed by atoms with Gasteiger partial charge in [-0.05, 0) is 25.6 Å². The zero-order valence-electron chi connectivity index (χ0n) is 9.94. The molecule has 2 rings (SSSR count). The number of rotatable bonds is 3. The van der Waals surface area contributed by atoms with Crippen molar-refractivity contribution in [3.63, 3.8) is 0 Å². The molecule has 0 aromatic carbocycles. The number of aryl methyl sites for hydroxylation is 1. The molecule has 1 fully saturated rings. The number of hydrogen-bond donors (Lipinski definition) is 1. The number of aromatic nitrogens is 1. The Bertz CT molecular complexity index is 341. The van der Waals surface area contributed by atoms with Crippen LogP contribution in [0.2, 0.25) is 0 Å². The minimum Gasteiger partial charge on any atom is -0.377 e. The predicted octanol–water partition coefficient (Wildman–Crippen LogP) is 0.815. The molecular formula is C12H19N3O. The van der Waals surface area contributed by atoms with Crippen LogP contribution in [0.3, 0.4) is 0 Å². The van der Waals surface area contributed by atoms with E-state index in [4.69, 9.17) is 4.74 Å². The first kappa shape index (κ1) is 11.4. The number of pyridine rings is 1. The monoisotopic (exact) mass is 221 g/mol. The lowest BCUT2D eigenvalue weighted by Gasteiger charge is -2.37. The zero-order valence-corrected chi connectivity index (χ0v) is 9.94. The molecule has 0 saturated carbocycles. The summed E-state index contributed by atoms with van der Waals surface area (Å²) in [6.45, 7) is 5.52. The van der Waals surface area contributed by atoms with E-state index >= 15 is 0 Å². The van der Waals surface area contributed by atoms with Gasteiger partial charge >= 0.3 is 0 Å². The van der Waals surface area contributed by atoms with Crippen LogP contribution in [-0.2, 0) is 4.74 Å². The highest BCUT2D eigenvalue weighted by molar-refractivity contribution is 5.47. The van der Waals surface area contributed by atoms with E-state index in [-0.39, 0.29) is 0 Å². The Labute approximate surface area is 96.6 Å². The molecule has 88 valence electrons. The van der Waals surface area contributed by atoms with Crippen molar-refractivity contribution >= 4 is 5.82 Å². The van der Waals surface area contributed by atoms with E-state index in [1.54, 1.807) is 0 Å². The third-order valence-corrected chi connectivity index (χ3v) is 2.92. The topological polar surface area (TPSA) is 37.4 Å². The molecule has 4 nitrogen and oxygen atoms in total. The normalized spacial score (nSPS) is 21.1. The van der Waals surface area contributed by atoms with Gasteiger partial charge in [-0.1, -0.05) is 6.07 Å². The summed E-state index contributed by atoms with van der Waals surface area (Å²) in [5, 5.41) is 3.21. The lowest BCUT2D eigenvalue weighted by molar-refractivity contribution is 0.0938. The first-order chi connectivity index (χ1) is 7.83. The molecule has 1 N–H and O–H groups in total. The Morgan fingerprint density at radius 1 is 1.62 bits per heavy atom. The van der Waals surface area contributed by atoms with E-state index in [9.17, 15) is 0 Å². The molecule has 0 spiro atoms. The van der Waals surface area contributed by atoms with Crippen LogP contribution in [0, 0.1) is 6.92 Å². The number of nitrogens with zero attached hydrogens (tertiary/aromatic N) is 2. The standard InChI is InChI=1S/C12H19N3O/c1-10-4-3-5-14-12(10)15-6-7-16-9-11(15)8-13-2/h3-5,11,13H,6-9H2,1-2H3. The molecule has 1 saturated heterocycles. The highest BCUT2D eigenvalue weighted by Gasteiger charge is 2.24. The van der Waals surface area contributed by atoms with Crippen molar-refractivity contribution in [3.8, 4) is 0 Å². The van der Waals surface area contributed by atoms with Gasteiger partial charge in [-0.25, -0.2) is 4.98 Å². The summed E-state index contributed by atoms with van der Waals surface area (Å²) in [5.41, 5.74) is 1.23. The van der Waals surface area contributed by atoms with Gasteiger partial charge in [-0.15, -0.1) is 0 Å². The minimum atomic E-state index is 0.382. The van der Waals surface area contributed by atoms with Crippen molar-refractivity contribution in [1.82, 2.24) is 10.3 Å². The summed E-state index contributed by atoms with van der Waals surface area (Å²) in [6.07, 6.45) is 1.86. The van der Waals surface area contributed by atoms with E-state index in [0.29, 0.717) is 6.04 Å². The van der Waals surface area contributed by atoms with Gasteiger partial charge in [-0.3, -0.25) is 0 Å². The van der Waals surface area contributed by atoms with Gasteiger partial charge in [0.15, 0.2) is 0 Å². The summed E-state index contributed by atoms with van der Waals surface area (Å²) in [7, 11) is 1.97. The molecule has 0 aliphatic carbocycles. The van der Waals surface area contributed by atoms with Crippen LogP contribution in [0.1, 0.15) is 5.56 Å². The molecule has 0 bridgehead atoms. The fraction of sp³-hybridized carbons (Fsp3) is 0.583. The molecule has 1 atom stereocenters. The van der Waals surface area contributed by atoms with E-state index < -0.39 is 0 Å². The van der Waals surface area contributed by atoms with E-state index in [1.165, 1.54) is 5.56 Å². The molecule has 4 heteroatoms. The largest absolute Gasteiger partial charge is 0.377 e. The number of anilines is 1. The third kappa shape index (κ3) is 2.33. The van der Waals surface area contributed by atoms with Gasteiger partial charge in [-0.2, -0.15) is 0 Å². The fourth-order valence-electron chi connectivity index (χ4n) is 2.12. The average Bonchev–Trinajstić information content (AvgIpc) is 2.31. The van der Waals surface area contributed by atoms with Crippen molar-refractivity contribution in [2.45, 2.75) is 13.0 Å². The highest BCUT2D eigenvalue weighted by Crippen LogP contribution is 2.20. The summed E-state index contributed by atoms with van der Waals surface area (Å²) >= 11 is 0. The van der Waals surface area contributed by atoms with Crippen LogP contribution in [0.15, 0.2) is 18.3 Å². The van der Waals surface area contributed by atoms with Crippen LogP contribution in [0.25, 0.3) is 0 Å². The predicted molar refractivity (Wildman–Crippen MR) is 64.9 cm³/mol. The summed E-state index contributed by atoms with van der Waals surface area (Å²) in [6, 6.07) is 4.47. The maximum absolute atomic E-state index is 5.52. The third-order valence-electron chi connectivity index (χ3n) is 2.92. The Morgan fingerprint density at radius 3 is 3.25 bits per heavy atom. The Kier molecular flexibility index (Phi) is 3.74. The van der Waals surface area contributed by atoms with Crippen molar-refractivity contribution in [1.29, 1.82) is 0 Å². The molecule has 1 aliphatic rings. The van der Waals surface area contributed by atoms with Crippen molar-refractivity contribution in [2.24, 2.45) is 0 Å². The van der Waals surface area contributed by atoms with Crippen LogP contribution in [0.4, 0.5) is 5.82 Å². The van der Waals surface area contributed by atoms with Crippen LogP contribution >= 0.6 is 0 Å². The van der Waals surface area contributed by atoms with Gasteiger partial charge in [0.1, 0.15) is 5.82 Å². The lowest BCUT2D eigenvalue weighted by atomic mass is 10.2. The summed E-state index contributed by atoms with van der Waals surface area (Å²) < 4.78 is 5.52. The highest BCUT2D eigenvalue weighted by atomic mass is 16.5. The van der Waals surface area contributed by atoms with E-state index in [2.05, 4.69) is 28.2 Å². The van der Waals surface area contributed by atoms with Gasteiger partial charge in [0.25, 0.3) is 0 Å². The van der Waals surface area contributed by atoms with Gasteiger partial charge in [0, 0.05) is 19.3 Å². The van der Waals surface area contributed by atoms with Gasteiger partial charge in [0.2, 0.25) is 0 Å². The molecule has 2 heterocycles. The number of ether oxygens (including phenoxy) is 1. The molecule has 0 amide bonds. The van der Waals surface area contributed by atoms with Crippen LogP contribution in [0.5, 0.6) is 0 Å². The molecule has 0 radical (unpaired) electrons. The first-order valence-corrected chi connectivity index (χ1v) is 5.73. The zero-order chi connectivity index (χ0) is 11.4. The molecule has 16 heavy (non-hydrogen) atoms. The quantitative estimate of drug-likeness (QED) is 0.820. The smallest absolute Gasteiger partial charge is 0.131 e. The molecule has 1 aliphatic heterocycles. The molecular weight excluding hydrogens is 202 g/mol. The SMILES string of the molecule is CNCC1COCCN1c1ncccc1C. The lowest BCUT2D eigenvalue weighted by Crippen LogP contribution is -2.50. The second-order valence-corrected chi connectivity index (χ2v) is 4.12. The average molecular weight is 221 g/mol. The second kappa shape index (κ2) is 5.27. The van der Waals surface area contributed by atoms with E-state index in [1.807, 2.05) is 19.3 Å². The summed E-state index contributed by atoms with van der Waals surface area (Å²) in [5.74, 6) is 1.09. The Hall–Kier alpha value is -1.13. The second-order valence-electron chi connectivity index (χ2n) is 4.12. The van der Waals surface area contributed by atoms with Gasteiger partial charge < -0.3 is 15.0 Å². The number of likely N-dealkylation sites (N-methyl/N-ethyl adjacent to an activating group) is 1. The van der Waals surface area contributed by atoms with Crippen molar-refractivity contribution < 1.29 is 4.74 Å². The van der Waals surface area contributed by atoms with E-state index in [0.717, 1.165) is 32.1 Å². The number of morpholine rings is 1. The molecule has 1 aromatic rings. The Balaban J connectivity index is 2.19. The molecule has 1 aromatic heterocycles. The van der Waals surface area contributed by atoms with Crippen molar-refractivity contribution in [2.75, 3.05) is 38.3 Å². The number of hydrogen-bond acceptors (Lipinski definition) is 4.